The molecule has 1 atom stereocenters. The molecule has 218 valence electrons. The largest absolute Gasteiger partial charge is 0.506 e. The maximum Gasteiger partial charge on any atom is 0.323 e. The fraction of sp³-hybridized carbons (Fsp3) is 0.167. The Bertz CT molecular complexity index is 1800. The summed E-state index contributed by atoms with van der Waals surface area (Å²) in [5, 5.41) is 24.2. The van der Waals surface area contributed by atoms with Gasteiger partial charge in [0.1, 0.15) is 23.5 Å². The summed E-state index contributed by atoms with van der Waals surface area (Å²) in [6.07, 6.45) is 2.74. The molecule has 0 unspecified atom stereocenters. The Morgan fingerprint density at radius 1 is 1.23 bits per heavy atom. The summed E-state index contributed by atoms with van der Waals surface area (Å²) in [6, 6.07) is 8.81. The third-order valence-corrected chi connectivity index (χ3v) is 6.96. The molecule has 3 heterocycles. The van der Waals surface area contributed by atoms with Crippen LogP contribution in [0.1, 0.15) is 27.2 Å². The smallest absolute Gasteiger partial charge is 0.323 e. The van der Waals surface area contributed by atoms with Gasteiger partial charge in [0.05, 0.1) is 37.5 Å². The Labute approximate surface area is 244 Å². The number of carbonyl (C=O) groups excluding carboxylic acids is 3. The Morgan fingerprint density at radius 3 is 2.67 bits per heavy atom. The number of benzene rings is 2. The average molecular weight is 588 g/mol. The zero-order valence-electron chi connectivity index (χ0n) is 22.9. The second-order valence-electron chi connectivity index (χ2n) is 9.70. The number of halogens is 2. The maximum atomic E-state index is 15.3. The van der Waals surface area contributed by atoms with Gasteiger partial charge < -0.3 is 30.8 Å². The van der Waals surface area contributed by atoms with E-state index >= 15 is 4.39 Å². The van der Waals surface area contributed by atoms with Gasteiger partial charge in [-0.1, -0.05) is 17.9 Å². The Morgan fingerprint density at radius 2 is 2.02 bits per heavy atom. The topological polar surface area (TPSA) is 161 Å². The van der Waals surface area contributed by atoms with E-state index in [1.165, 1.54) is 48.4 Å². The fourth-order valence-electron chi connectivity index (χ4n) is 4.86. The molecule has 4 amide bonds. The van der Waals surface area contributed by atoms with E-state index in [0.717, 1.165) is 12.3 Å². The number of hydrogen-bond acceptors (Lipinski definition) is 7. The molecule has 13 heteroatoms. The number of rotatable bonds is 7. The van der Waals surface area contributed by atoms with E-state index in [-0.39, 0.29) is 40.4 Å². The molecule has 0 radical (unpaired) electrons. The van der Waals surface area contributed by atoms with Crippen LogP contribution in [-0.4, -0.2) is 65.3 Å². The number of quaternary nitrogens is 1. The molecule has 6 N–H and O–H groups in total. The second kappa shape index (κ2) is 11.3. The normalized spacial score (nSPS) is 17.6. The average Bonchev–Trinajstić information content (AvgIpc) is 3.45. The van der Waals surface area contributed by atoms with E-state index < -0.39 is 41.6 Å². The number of nitrogens with one attached hydrogen (secondary N) is 3. The SMILES string of the molecule is C[NH2+]/C=C(\C=N)c1ccc(O)c(-c2ccc(C#C[C@]3(CN4Cc5ccc(OC)c(F)c5C4=O)NC(=O)NC3=O)cc2F)n1. The summed E-state index contributed by atoms with van der Waals surface area (Å²) in [7, 11) is 3.04. The van der Waals surface area contributed by atoms with Crippen LogP contribution >= 0.6 is 0 Å². The highest BCUT2D eigenvalue weighted by molar-refractivity contribution is 6.10. The molecule has 0 bridgehead atoms. The third kappa shape index (κ3) is 5.27. The molecule has 2 aliphatic heterocycles. The molecule has 1 aromatic heterocycles. The lowest BCUT2D eigenvalue weighted by Gasteiger charge is -2.26. The van der Waals surface area contributed by atoms with Gasteiger partial charge in [-0.15, -0.1) is 0 Å². The van der Waals surface area contributed by atoms with Gasteiger partial charge >= 0.3 is 6.03 Å². The number of nitrogens with two attached hydrogens (primary N) is 1. The lowest BCUT2D eigenvalue weighted by molar-refractivity contribution is -0.555. The van der Waals surface area contributed by atoms with E-state index in [9.17, 15) is 23.9 Å². The molecule has 3 aromatic rings. The van der Waals surface area contributed by atoms with Gasteiger partial charge in [0.25, 0.3) is 11.8 Å². The zero-order valence-corrected chi connectivity index (χ0v) is 22.9. The summed E-state index contributed by atoms with van der Waals surface area (Å²) in [6.45, 7) is -0.443. The van der Waals surface area contributed by atoms with Gasteiger partial charge in [0.2, 0.25) is 5.54 Å². The predicted octanol–water partition coefficient (Wildman–Crippen LogP) is 1.51. The minimum absolute atomic E-state index is 0.0331. The summed E-state index contributed by atoms with van der Waals surface area (Å²) in [5.41, 5.74) is -0.862. The number of urea groups is 1. The molecule has 5 rings (SSSR count). The van der Waals surface area contributed by atoms with Crippen LogP contribution in [0.25, 0.3) is 16.8 Å². The molecular formula is C30H25F2N6O5+. The molecule has 0 saturated carbocycles. The van der Waals surface area contributed by atoms with Crippen LogP contribution < -0.4 is 20.7 Å². The van der Waals surface area contributed by atoms with Crippen molar-refractivity contribution in [1.82, 2.24) is 20.5 Å². The zero-order chi connectivity index (χ0) is 30.9. The van der Waals surface area contributed by atoms with Gasteiger partial charge in [-0.3, -0.25) is 14.9 Å². The van der Waals surface area contributed by atoms with Gasteiger partial charge in [-0.05, 0) is 42.0 Å². The lowest BCUT2D eigenvalue weighted by Crippen LogP contribution is -2.72. The van der Waals surface area contributed by atoms with Crippen LogP contribution in [-0.2, 0) is 11.3 Å². The van der Waals surface area contributed by atoms with Crippen LogP contribution in [0.3, 0.4) is 0 Å². The molecular weight excluding hydrogens is 562 g/mol. The third-order valence-electron chi connectivity index (χ3n) is 6.96. The Kier molecular flexibility index (Phi) is 7.62. The molecule has 2 aromatic carbocycles. The number of nitrogens with zero attached hydrogens (tertiary/aromatic N) is 2. The van der Waals surface area contributed by atoms with E-state index in [4.69, 9.17) is 10.1 Å². The summed E-state index contributed by atoms with van der Waals surface area (Å²) >= 11 is 0. The van der Waals surface area contributed by atoms with Gasteiger partial charge in [-0.25, -0.2) is 18.6 Å². The standard InChI is InChI=1S/C30H24F2N6O5/c1-34-13-18(12-33)21-6-7-22(39)26(35-21)19-5-3-16(11-20(19)31)9-10-30(28(41)36-29(42)37-30)15-38-14-17-4-8-23(43-2)25(32)24(17)27(38)40/h3-8,11-13,33-34,39H,14-15H2,1-2H3,(H2,36,37,41,42)/p+1/b18-13+,33-12?/t30-/m1/s1. The molecule has 1 saturated heterocycles. The van der Waals surface area contributed by atoms with Gasteiger partial charge in [-0.2, -0.15) is 0 Å². The molecule has 43 heavy (non-hydrogen) atoms. The van der Waals surface area contributed by atoms with E-state index in [0.29, 0.717) is 16.8 Å². The van der Waals surface area contributed by atoms with Crippen molar-refractivity contribution < 1.29 is 38.3 Å². The number of fused-ring (bicyclic) bond motifs is 1. The van der Waals surface area contributed by atoms with Gasteiger partial charge in [0, 0.05) is 23.9 Å². The van der Waals surface area contributed by atoms with Crippen molar-refractivity contribution in [3.63, 3.8) is 0 Å². The quantitative estimate of drug-likeness (QED) is 0.160. The highest BCUT2D eigenvalue weighted by atomic mass is 19.1. The summed E-state index contributed by atoms with van der Waals surface area (Å²) in [4.78, 5) is 43.6. The first kappa shape index (κ1) is 28.9. The number of ether oxygens (including phenoxy) is 1. The number of pyridine rings is 1. The molecule has 1 fully saturated rings. The van der Waals surface area contributed by atoms with Crippen molar-refractivity contribution in [3.8, 4) is 34.6 Å². The number of amides is 4. The van der Waals surface area contributed by atoms with Crippen LogP contribution in [0.2, 0.25) is 0 Å². The highest BCUT2D eigenvalue weighted by Gasteiger charge is 2.48. The van der Waals surface area contributed by atoms with Crippen LogP contribution in [0.5, 0.6) is 11.5 Å². The van der Waals surface area contributed by atoms with Crippen molar-refractivity contribution in [3.05, 3.63) is 82.7 Å². The number of carbonyl (C=O) groups is 3. The Hall–Kier alpha value is -5.61. The summed E-state index contributed by atoms with van der Waals surface area (Å²) < 4.78 is 35.1. The number of imide groups is 1. The van der Waals surface area contributed by atoms with Crippen LogP contribution in [0, 0.1) is 28.9 Å². The van der Waals surface area contributed by atoms with Crippen LogP contribution in [0.4, 0.5) is 13.6 Å². The first-order valence-electron chi connectivity index (χ1n) is 12.9. The number of aromatic nitrogens is 1. The first-order chi connectivity index (χ1) is 20.6. The monoisotopic (exact) mass is 587 g/mol. The maximum absolute atomic E-state index is 15.3. The molecule has 0 spiro atoms. The lowest BCUT2D eigenvalue weighted by atomic mass is 9.98. The molecule has 2 aliphatic rings. The van der Waals surface area contributed by atoms with Gasteiger partial charge in [0.15, 0.2) is 11.6 Å². The number of allylic oxidation sites excluding steroid dienone is 1. The van der Waals surface area contributed by atoms with Crippen molar-refractivity contribution in [2.24, 2.45) is 0 Å². The van der Waals surface area contributed by atoms with Crippen molar-refractivity contribution in [2.75, 3.05) is 20.7 Å². The second-order valence-corrected chi connectivity index (χ2v) is 9.70. The first-order valence-corrected chi connectivity index (χ1v) is 12.9. The van der Waals surface area contributed by atoms with Crippen molar-refractivity contribution >= 4 is 29.6 Å². The molecule has 0 aliphatic carbocycles. The van der Waals surface area contributed by atoms with Crippen LogP contribution in [0.15, 0.2) is 48.7 Å². The van der Waals surface area contributed by atoms with E-state index in [2.05, 4.69) is 27.5 Å². The van der Waals surface area contributed by atoms with Crippen molar-refractivity contribution in [2.45, 2.75) is 12.1 Å². The number of hydrogen-bond donors (Lipinski definition) is 5. The minimum Gasteiger partial charge on any atom is -0.506 e. The van der Waals surface area contributed by atoms with E-state index in [1.807, 2.05) is 0 Å². The van der Waals surface area contributed by atoms with E-state index in [1.54, 1.807) is 18.6 Å². The summed E-state index contributed by atoms with van der Waals surface area (Å²) in [5.74, 6) is 1.83. The minimum atomic E-state index is -1.90. The number of methoxy groups -OCH3 is 1. The fourth-order valence-corrected chi connectivity index (χ4v) is 4.86. The molecule has 11 nitrogen and oxygen atoms in total. The predicted molar refractivity (Wildman–Crippen MR) is 150 cm³/mol. The highest BCUT2D eigenvalue weighted by Crippen LogP contribution is 2.33. The number of aromatic hydroxyl groups is 1. The Balaban J connectivity index is 1.46. The van der Waals surface area contributed by atoms with Crippen molar-refractivity contribution in [1.29, 1.82) is 5.41 Å².